The Morgan fingerprint density at radius 2 is 2.24 bits per heavy atom. The van der Waals surface area contributed by atoms with Crippen molar-refractivity contribution in [3.63, 3.8) is 0 Å². The molecule has 2 atom stereocenters. The average molecular weight is 320 g/mol. The van der Waals surface area contributed by atoms with Gasteiger partial charge in [-0.3, -0.25) is 4.79 Å². The van der Waals surface area contributed by atoms with Crippen LogP contribution >= 0.6 is 11.6 Å². The van der Waals surface area contributed by atoms with Crippen molar-refractivity contribution in [2.45, 2.75) is 32.0 Å². The van der Waals surface area contributed by atoms with E-state index in [9.17, 15) is 18.7 Å². The second-order valence-corrected chi connectivity index (χ2v) is 5.42. The molecule has 1 aromatic carbocycles. The number of aliphatic hydroxyl groups is 1. The Hall–Kier alpha value is -1.40. The number of halogens is 3. The number of amides is 1. The Morgan fingerprint density at radius 1 is 1.48 bits per heavy atom. The SMILES string of the molecule is O=C(NCC1CCCC1O)c1cc(Cl)ccc1OC(F)F. The quantitative estimate of drug-likeness (QED) is 0.877. The van der Waals surface area contributed by atoms with Gasteiger partial charge in [-0.15, -0.1) is 0 Å². The maximum Gasteiger partial charge on any atom is 0.387 e. The van der Waals surface area contributed by atoms with E-state index < -0.39 is 18.6 Å². The summed E-state index contributed by atoms with van der Waals surface area (Å²) in [5, 5.41) is 12.6. The van der Waals surface area contributed by atoms with Gasteiger partial charge in [0.15, 0.2) is 0 Å². The number of nitrogens with one attached hydrogen (secondary N) is 1. The first-order valence-electron chi connectivity index (χ1n) is 6.68. The van der Waals surface area contributed by atoms with Crippen molar-refractivity contribution >= 4 is 17.5 Å². The lowest BCUT2D eigenvalue weighted by Gasteiger charge is -2.16. The minimum absolute atomic E-state index is 0.00685. The van der Waals surface area contributed by atoms with E-state index in [1.54, 1.807) is 0 Å². The maximum atomic E-state index is 12.3. The summed E-state index contributed by atoms with van der Waals surface area (Å²) >= 11 is 5.78. The molecule has 2 rings (SSSR count). The molecule has 1 aliphatic carbocycles. The van der Waals surface area contributed by atoms with Crippen LogP contribution < -0.4 is 10.1 Å². The van der Waals surface area contributed by atoms with Crippen LogP contribution in [0, 0.1) is 5.92 Å². The molecule has 0 radical (unpaired) electrons. The highest BCUT2D eigenvalue weighted by Crippen LogP contribution is 2.26. The number of benzene rings is 1. The van der Waals surface area contributed by atoms with Gasteiger partial charge < -0.3 is 15.2 Å². The van der Waals surface area contributed by atoms with Gasteiger partial charge >= 0.3 is 6.61 Å². The normalized spacial score (nSPS) is 21.6. The molecule has 0 bridgehead atoms. The smallest absolute Gasteiger partial charge is 0.387 e. The third-order valence-electron chi connectivity index (χ3n) is 3.55. The number of alkyl halides is 2. The van der Waals surface area contributed by atoms with Crippen LogP contribution in [0.25, 0.3) is 0 Å². The average Bonchev–Trinajstić information content (AvgIpc) is 2.83. The van der Waals surface area contributed by atoms with Gasteiger partial charge in [-0.25, -0.2) is 0 Å². The van der Waals surface area contributed by atoms with Crippen molar-refractivity contribution in [3.05, 3.63) is 28.8 Å². The fourth-order valence-corrected chi connectivity index (χ4v) is 2.62. The standard InChI is InChI=1S/C14H16ClF2NO3/c15-9-4-5-12(21-14(16)17)10(6-9)13(20)18-7-8-2-1-3-11(8)19/h4-6,8,11,14,19H,1-3,7H2,(H,18,20). The van der Waals surface area contributed by atoms with Crippen LogP contribution in [0.3, 0.4) is 0 Å². The lowest BCUT2D eigenvalue weighted by atomic mass is 10.1. The Labute approximate surface area is 126 Å². The van der Waals surface area contributed by atoms with E-state index in [2.05, 4.69) is 10.1 Å². The van der Waals surface area contributed by atoms with Gasteiger partial charge in [-0.2, -0.15) is 8.78 Å². The van der Waals surface area contributed by atoms with Crippen LogP contribution in [0.5, 0.6) is 5.75 Å². The van der Waals surface area contributed by atoms with E-state index in [-0.39, 0.29) is 22.3 Å². The van der Waals surface area contributed by atoms with Gasteiger partial charge in [0.1, 0.15) is 5.75 Å². The molecule has 0 aliphatic heterocycles. The first-order valence-corrected chi connectivity index (χ1v) is 7.06. The van der Waals surface area contributed by atoms with Crippen LogP contribution in [0.2, 0.25) is 5.02 Å². The fourth-order valence-electron chi connectivity index (χ4n) is 2.45. The van der Waals surface area contributed by atoms with E-state index in [1.807, 2.05) is 0 Å². The van der Waals surface area contributed by atoms with E-state index in [0.717, 1.165) is 19.3 Å². The second-order valence-electron chi connectivity index (χ2n) is 4.99. The van der Waals surface area contributed by atoms with Crippen molar-refractivity contribution < 1.29 is 23.4 Å². The highest BCUT2D eigenvalue weighted by molar-refractivity contribution is 6.31. The van der Waals surface area contributed by atoms with Gasteiger partial charge in [-0.05, 0) is 31.0 Å². The molecule has 21 heavy (non-hydrogen) atoms. The van der Waals surface area contributed by atoms with Gasteiger partial charge in [0.2, 0.25) is 0 Å². The van der Waals surface area contributed by atoms with Crippen molar-refractivity contribution in [2.24, 2.45) is 5.92 Å². The zero-order valence-electron chi connectivity index (χ0n) is 11.2. The molecule has 4 nitrogen and oxygen atoms in total. The summed E-state index contributed by atoms with van der Waals surface area (Å²) in [6, 6.07) is 3.88. The monoisotopic (exact) mass is 319 g/mol. The molecule has 1 aromatic rings. The predicted octanol–water partition coefficient (Wildman–Crippen LogP) is 2.83. The van der Waals surface area contributed by atoms with E-state index in [0.29, 0.717) is 6.54 Å². The van der Waals surface area contributed by atoms with Gasteiger partial charge in [0.05, 0.1) is 11.7 Å². The summed E-state index contributed by atoms with van der Waals surface area (Å²) in [5.74, 6) is -0.779. The Morgan fingerprint density at radius 3 is 2.86 bits per heavy atom. The van der Waals surface area contributed by atoms with Crippen molar-refractivity contribution in [1.82, 2.24) is 5.32 Å². The van der Waals surface area contributed by atoms with E-state index >= 15 is 0 Å². The predicted molar refractivity (Wildman–Crippen MR) is 73.8 cm³/mol. The van der Waals surface area contributed by atoms with Gasteiger partial charge in [0, 0.05) is 17.5 Å². The number of hydrogen-bond acceptors (Lipinski definition) is 3. The number of carbonyl (C=O) groups is 1. The zero-order chi connectivity index (χ0) is 15.4. The summed E-state index contributed by atoms with van der Waals surface area (Å²) in [6.07, 6.45) is 2.04. The molecule has 0 spiro atoms. The minimum atomic E-state index is -3.02. The zero-order valence-corrected chi connectivity index (χ0v) is 11.9. The van der Waals surface area contributed by atoms with Crippen LogP contribution in [-0.2, 0) is 0 Å². The summed E-state index contributed by atoms with van der Waals surface area (Å²) < 4.78 is 29.0. The molecule has 0 saturated heterocycles. The number of hydrogen-bond donors (Lipinski definition) is 2. The van der Waals surface area contributed by atoms with Crippen LogP contribution in [0.4, 0.5) is 8.78 Å². The third-order valence-corrected chi connectivity index (χ3v) is 3.78. The summed E-state index contributed by atoms with van der Waals surface area (Å²) in [5.41, 5.74) is -0.0460. The number of aliphatic hydroxyl groups excluding tert-OH is 1. The van der Waals surface area contributed by atoms with Gasteiger partial charge in [0.25, 0.3) is 5.91 Å². The van der Waals surface area contributed by atoms with Crippen molar-refractivity contribution in [2.75, 3.05) is 6.54 Å². The van der Waals surface area contributed by atoms with Crippen molar-refractivity contribution in [1.29, 1.82) is 0 Å². The maximum absolute atomic E-state index is 12.3. The minimum Gasteiger partial charge on any atom is -0.434 e. The highest BCUT2D eigenvalue weighted by Gasteiger charge is 2.26. The molecule has 2 unspecified atom stereocenters. The topological polar surface area (TPSA) is 58.6 Å². The molecule has 2 N–H and O–H groups in total. The van der Waals surface area contributed by atoms with E-state index in [4.69, 9.17) is 11.6 Å². The molecule has 7 heteroatoms. The van der Waals surface area contributed by atoms with Gasteiger partial charge in [-0.1, -0.05) is 18.0 Å². The fraction of sp³-hybridized carbons (Fsp3) is 0.500. The van der Waals surface area contributed by atoms with Crippen LogP contribution in [0.15, 0.2) is 18.2 Å². The Bertz CT molecular complexity index is 513. The summed E-state index contributed by atoms with van der Waals surface area (Å²) in [6.45, 7) is -2.73. The lowest BCUT2D eigenvalue weighted by molar-refractivity contribution is -0.0501. The van der Waals surface area contributed by atoms with Crippen LogP contribution in [0.1, 0.15) is 29.6 Å². The molecule has 1 saturated carbocycles. The summed E-state index contributed by atoms with van der Waals surface area (Å²) in [4.78, 5) is 12.1. The molecule has 1 amide bonds. The molecule has 0 aromatic heterocycles. The number of rotatable bonds is 5. The molecular weight excluding hydrogens is 304 g/mol. The van der Waals surface area contributed by atoms with E-state index in [1.165, 1.54) is 18.2 Å². The second kappa shape index (κ2) is 7.04. The largest absolute Gasteiger partial charge is 0.434 e. The molecule has 116 valence electrons. The Kier molecular flexibility index (Phi) is 5.36. The van der Waals surface area contributed by atoms with Crippen LogP contribution in [-0.4, -0.2) is 30.3 Å². The summed E-state index contributed by atoms with van der Waals surface area (Å²) in [7, 11) is 0. The lowest BCUT2D eigenvalue weighted by Crippen LogP contribution is -2.32. The molecule has 0 heterocycles. The Balaban J connectivity index is 2.05. The highest BCUT2D eigenvalue weighted by atomic mass is 35.5. The number of carbonyl (C=O) groups excluding carboxylic acids is 1. The first-order chi connectivity index (χ1) is 9.97. The van der Waals surface area contributed by atoms with Crippen molar-refractivity contribution in [3.8, 4) is 5.75 Å². The first kappa shape index (κ1) is 16.0. The molecule has 1 fully saturated rings. The third kappa shape index (κ3) is 4.28. The molecular formula is C14H16ClF2NO3. The molecule has 1 aliphatic rings. The number of ether oxygens (including phenoxy) is 1.